The minimum absolute atomic E-state index is 0.0512. The Morgan fingerprint density at radius 3 is 2.29 bits per heavy atom. The molecule has 0 aliphatic rings. The monoisotopic (exact) mass is 574 g/mol. The molecule has 41 heavy (non-hydrogen) atoms. The van der Waals surface area contributed by atoms with Crippen LogP contribution in [0.4, 0.5) is 23.0 Å². The number of hydrogen-bond acceptors (Lipinski definition) is 10. The topological polar surface area (TPSA) is 150 Å². The van der Waals surface area contributed by atoms with Gasteiger partial charge in [-0.05, 0) is 50.6 Å². The van der Waals surface area contributed by atoms with Gasteiger partial charge in [0.2, 0.25) is 0 Å². The number of nitriles is 2. The Labute approximate surface area is 241 Å². The second-order valence-corrected chi connectivity index (χ2v) is 11.9. The summed E-state index contributed by atoms with van der Waals surface area (Å²) in [5, 5.41) is 31.0. The van der Waals surface area contributed by atoms with E-state index in [-0.39, 0.29) is 23.2 Å². The molecule has 13 heteroatoms. The number of benzene rings is 2. The SMILES string of the molecule is CCN(CC)c1ccc(N=Nc2nc(C#N)c(C#N)n2CCC[Si](OC)(OC)OC)c(NC(=O)c2ccccc2)c1. The van der Waals surface area contributed by atoms with Gasteiger partial charge in [-0.2, -0.15) is 15.5 Å². The molecule has 0 atom stereocenters. The van der Waals surface area contributed by atoms with E-state index < -0.39 is 8.80 Å². The number of amides is 1. The molecule has 0 saturated heterocycles. The van der Waals surface area contributed by atoms with Gasteiger partial charge in [0.1, 0.15) is 17.8 Å². The van der Waals surface area contributed by atoms with E-state index in [0.717, 1.165) is 18.8 Å². The van der Waals surface area contributed by atoms with Crippen molar-refractivity contribution in [2.75, 3.05) is 44.6 Å². The molecule has 3 aromatic rings. The molecule has 2 aromatic carbocycles. The summed E-state index contributed by atoms with van der Waals surface area (Å²) in [6.45, 7) is 5.98. The molecule has 1 N–H and O–H groups in total. The van der Waals surface area contributed by atoms with Crippen LogP contribution in [0.2, 0.25) is 6.04 Å². The maximum absolute atomic E-state index is 13.0. The minimum Gasteiger partial charge on any atom is -0.377 e. The summed E-state index contributed by atoms with van der Waals surface area (Å²) in [7, 11) is 1.75. The third-order valence-corrected chi connectivity index (χ3v) is 9.43. The Hall–Kier alpha value is -4.40. The molecule has 0 aliphatic carbocycles. The Balaban J connectivity index is 1.98. The first kappa shape index (κ1) is 31.1. The minimum atomic E-state index is -2.84. The number of nitrogens with one attached hydrogen (secondary N) is 1. The predicted molar refractivity (Wildman–Crippen MR) is 156 cm³/mol. The fourth-order valence-electron chi connectivity index (χ4n) is 4.31. The van der Waals surface area contributed by atoms with Crippen LogP contribution in [-0.4, -0.2) is 58.7 Å². The van der Waals surface area contributed by atoms with Gasteiger partial charge in [-0.25, -0.2) is 0 Å². The van der Waals surface area contributed by atoms with Gasteiger partial charge in [-0.3, -0.25) is 9.36 Å². The van der Waals surface area contributed by atoms with Crippen molar-refractivity contribution in [3.05, 3.63) is 65.5 Å². The highest BCUT2D eigenvalue weighted by Gasteiger charge is 2.37. The van der Waals surface area contributed by atoms with Crippen molar-refractivity contribution in [2.24, 2.45) is 10.2 Å². The van der Waals surface area contributed by atoms with Crippen LogP contribution in [0.1, 0.15) is 42.0 Å². The number of carbonyl (C=O) groups is 1. The van der Waals surface area contributed by atoms with Gasteiger partial charge < -0.3 is 23.5 Å². The largest absolute Gasteiger partial charge is 0.500 e. The number of aromatic nitrogens is 2. The zero-order valence-electron chi connectivity index (χ0n) is 23.9. The Kier molecular flexibility index (Phi) is 11.3. The van der Waals surface area contributed by atoms with Crippen LogP contribution in [0.5, 0.6) is 0 Å². The van der Waals surface area contributed by atoms with E-state index >= 15 is 0 Å². The summed E-state index contributed by atoms with van der Waals surface area (Å²) < 4.78 is 18.0. The summed E-state index contributed by atoms with van der Waals surface area (Å²) in [5.41, 5.74) is 2.29. The average molecular weight is 575 g/mol. The van der Waals surface area contributed by atoms with E-state index in [4.69, 9.17) is 13.3 Å². The normalized spacial score (nSPS) is 11.3. The Morgan fingerprint density at radius 1 is 1.02 bits per heavy atom. The van der Waals surface area contributed by atoms with Gasteiger partial charge in [0, 0.05) is 58.3 Å². The molecular weight excluding hydrogens is 540 g/mol. The van der Waals surface area contributed by atoms with Crippen molar-refractivity contribution in [1.82, 2.24) is 9.55 Å². The summed E-state index contributed by atoms with van der Waals surface area (Å²) in [6, 6.07) is 18.8. The third kappa shape index (κ3) is 7.42. The number of rotatable bonds is 14. The van der Waals surface area contributed by atoms with Crippen LogP contribution in [0, 0.1) is 22.7 Å². The van der Waals surface area contributed by atoms with E-state index in [1.807, 2.05) is 30.3 Å². The number of imidazole rings is 1. The number of azo groups is 1. The fraction of sp³-hybridized carbons (Fsp3) is 0.357. The first-order chi connectivity index (χ1) is 19.9. The first-order valence-electron chi connectivity index (χ1n) is 13.1. The van der Waals surface area contributed by atoms with Gasteiger partial charge in [-0.15, -0.1) is 10.2 Å². The summed E-state index contributed by atoms with van der Waals surface area (Å²) in [5.74, 6) is -0.202. The highest BCUT2D eigenvalue weighted by Crippen LogP contribution is 2.32. The molecule has 0 spiro atoms. The lowest BCUT2D eigenvalue weighted by Gasteiger charge is -2.24. The van der Waals surface area contributed by atoms with Gasteiger partial charge in [0.05, 0.1) is 5.69 Å². The summed E-state index contributed by atoms with van der Waals surface area (Å²) >= 11 is 0. The number of carbonyl (C=O) groups excluding carboxylic acids is 1. The number of hydrogen-bond donors (Lipinski definition) is 1. The average Bonchev–Trinajstić information content (AvgIpc) is 3.36. The van der Waals surface area contributed by atoms with Crippen molar-refractivity contribution < 1.29 is 18.1 Å². The van der Waals surface area contributed by atoms with Crippen LogP contribution < -0.4 is 10.2 Å². The van der Waals surface area contributed by atoms with Crippen LogP contribution in [-0.2, 0) is 19.8 Å². The van der Waals surface area contributed by atoms with Crippen molar-refractivity contribution in [3.8, 4) is 12.1 Å². The van der Waals surface area contributed by atoms with Crippen LogP contribution in [0.15, 0.2) is 58.8 Å². The lowest BCUT2D eigenvalue weighted by molar-refractivity contribution is 0.102. The zero-order chi connectivity index (χ0) is 29.8. The van der Waals surface area contributed by atoms with E-state index in [1.54, 1.807) is 30.3 Å². The van der Waals surface area contributed by atoms with Crippen molar-refractivity contribution >= 4 is 37.7 Å². The Bertz CT molecular complexity index is 1430. The van der Waals surface area contributed by atoms with Gasteiger partial charge in [0.25, 0.3) is 11.9 Å². The summed E-state index contributed by atoms with van der Waals surface area (Å²) in [4.78, 5) is 19.4. The lowest BCUT2D eigenvalue weighted by atomic mass is 10.2. The maximum Gasteiger partial charge on any atom is 0.500 e. The molecule has 1 aromatic heterocycles. The molecule has 12 nitrogen and oxygen atoms in total. The van der Waals surface area contributed by atoms with Crippen molar-refractivity contribution in [3.63, 3.8) is 0 Å². The highest BCUT2D eigenvalue weighted by molar-refractivity contribution is 6.60. The van der Waals surface area contributed by atoms with E-state index in [9.17, 15) is 15.3 Å². The van der Waals surface area contributed by atoms with Crippen LogP contribution >= 0.6 is 0 Å². The molecule has 0 aliphatic heterocycles. The zero-order valence-corrected chi connectivity index (χ0v) is 24.9. The lowest BCUT2D eigenvalue weighted by Crippen LogP contribution is -2.42. The third-order valence-electron chi connectivity index (χ3n) is 6.60. The molecule has 1 heterocycles. The standard InChI is InChI=1S/C28H34N8O4Si/c1-6-35(7-2)22-14-15-23(24(18-22)31-27(37)21-12-9-8-10-13-21)33-34-28-32-25(19-29)26(20-30)36(28)16-11-17-41(38-3,39-4)40-5/h8-10,12-15,18H,6-7,11,16-17H2,1-5H3,(H,31,37). The van der Waals surface area contributed by atoms with Crippen molar-refractivity contribution in [2.45, 2.75) is 32.9 Å². The highest BCUT2D eigenvalue weighted by atomic mass is 28.4. The van der Waals surface area contributed by atoms with Crippen LogP contribution in [0.25, 0.3) is 0 Å². The molecule has 0 saturated carbocycles. The summed E-state index contributed by atoms with van der Waals surface area (Å²) in [6.07, 6.45) is 0.511. The molecule has 0 radical (unpaired) electrons. The molecule has 0 fully saturated rings. The van der Waals surface area contributed by atoms with E-state index in [0.29, 0.717) is 35.9 Å². The molecule has 0 bridgehead atoms. The van der Waals surface area contributed by atoms with Crippen molar-refractivity contribution in [1.29, 1.82) is 10.5 Å². The molecular formula is C28H34N8O4Si. The number of nitrogens with zero attached hydrogens (tertiary/aromatic N) is 7. The molecule has 1 amide bonds. The van der Waals surface area contributed by atoms with Crippen LogP contribution in [0.3, 0.4) is 0 Å². The first-order valence-corrected chi connectivity index (χ1v) is 15.1. The van der Waals surface area contributed by atoms with E-state index in [2.05, 4.69) is 39.3 Å². The molecule has 0 unspecified atom stereocenters. The maximum atomic E-state index is 13.0. The van der Waals surface area contributed by atoms with Gasteiger partial charge in [-0.1, -0.05) is 18.2 Å². The van der Waals surface area contributed by atoms with Gasteiger partial charge in [0.15, 0.2) is 11.4 Å². The van der Waals surface area contributed by atoms with E-state index in [1.165, 1.54) is 25.9 Å². The predicted octanol–water partition coefficient (Wildman–Crippen LogP) is 5.41. The number of anilines is 2. The molecule has 214 valence electrons. The second kappa shape index (κ2) is 14.8. The quantitative estimate of drug-likeness (QED) is 0.198. The molecule has 3 rings (SSSR count). The second-order valence-electron chi connectivity index (χ2n) is 8.78. The smallest absolute Gasteiger partial charge is 0.377 e. The Morgan fingerprint density at radius 2 is 1.71 bits per heavy atom. The fourth-order valence-corrected chi connectivity index (χ4v) is 6.01. The van der Waals surface area contributed by atoms with Gasteiger partial charge >= 0.3 is 8.80 Å².